The molecule has 0 radical (unpaired) electrons. The molecule has 0 atom stereocenters. The van der Waals surface area contributed by atoms with Crippen LogP contribution < -0.4 is 0 Å². The Hall–Kier alpha value is -1.31. The molecular weight excluding hydrogens is 464 g/mol. The lowest BCUT2D eigenvalue weighted by Crippen LogP contribution is -1.93. The summed E-state index contributed by atoms with van der Waals surface area (Å²) in [6.45, 7) is 4.56. The third-order valence-corrected chi connectivity index (χ3v) is 7.46. The number of carbonyl (C=O) groups is 1. The first-order valence-corrected chi connectivity index (χ1v) is 17.0. The van der Waals surface area contributed by atoms with Crippen LogP contribution in [0.1, 0.15) is 187 Å². The van der Waals surface area contributed by atoms with Crippen molar-refractivity contribution in [1.82, 2.24) is 0 Å². The van der Waals surface area contributed by atoms with Gasteiger partial charge in [0.25, 0.3) is 0 Å². The number of hydrogen-bond acceptors (Lipinski definition) is 2. The molecule has 0 aromatic heterocycles. The molecule has 2 nitrogen and oxygen atoms in total. The standard InChI is InChI=1S/C36H66O2/c1-3-5-7-9-11-13-15-17-19-21-23-25-27-29-31-33-35-38-36(37)34-32-30-28-26-24-22-20-18-16-14-12-10-8-6-4-2/h29,31-35H,3-28,30H2,1-2H3. The van der Waals surface area contributed by atoms with Gasteiger partial charge in [0.1, 0.15) is 0 Å². The number of esters is 1. The molecule has 0 heterocycles. The average molecular weight is 531 g/mol. The van der Waals surface area contributed by atoms with Crippen molar-refractivity contribution in [2.75, 3.05) is 0 Å². The third-order valence-electron chi connectivity index (χ3n) is 7.46. The highest BCUT2D eigenvalue weighted by atomic mass is 16.5. The molecule has 0 fully saturated rings. The summed E-state index contributed by atoms with van der Waals surface area (Å²) in [7, 11) is 0. The molecule has 0 spiro atoms. The summed E-state index contributed by atoms with van der Waals surface area (Å²) in [5, 5.41) is 0. The molecule has 0 aliphatic carbocycles. The zero-order valence-corrected chi connectivity index (χ0v) is 25.9. The van der Waals surface area contributed by atoms with Gasteiger partial charge in [0, 0.05) is 6.08 Å². The van der Waals surface area contributed by atoms with Crippen molar-refractivity contribution in [3.05, 3.63) is 36.6 Å². The number of rotatable bonds is 30. The summed E-state index contributed by atoms with van der Waals surface area (Å²) in [6.07, 6.45) is 47.5. The van der Waals surface area contributed by atoms with Crippen LogP contribution in [0.2, 0.25) is 0 Å². The number of hydrogen-bond donors (Lipinski definition) is 0. The maximum Gasteiger partial charge on any atom is 0.335 e. The Labute approximate surface area is 239 Å². The first-order chi connectivity index (χ1) is 18.8. The van der Waals surface area contributed by atoms with Gasteiger partial charge in [0.15, 0.2) is 0 Å². The zero-order valence-electron chi connectivity index (χ0n) is 25.9. The lowest BCUT2D eigenvalue weighted by atomic mass is 10.0. The molecule has 38 heavy (non-hydrogen) atoms. The molecule has 0 saturated heterocycles. The van der Waals surface area contributed by atoms with Crippen LogP contribution in [0.25, 0.3) is 0 Å². The second-order valence-corrected chi connectivity index (χ2v) is 11.3. The Morgan fingerprint density at radius 3 is 1.18 bits per heavy atom. The molecule has 222 valence electrons. The molecule has 0 bridgehead atoms. The van der Waals surface area contributed by atoms with Crippen LogP contribution in [0.4, 0.5) is 0 Å². The maximum absolute atomic E-state index is 11.8. The van der Waals surface area contributed by atoms with Crippen molar-refractivity contribution in [1.29, 1.82) is 0 Å². The van der Waals surface area contributed by atoms with Crippen molar-refractivity contribution < 1.29 is 9.53 Å². The Kier molecular flexibility index (Phi) is 32.6. The molecule has 0 rings (SSSR count). The number of unbranched alkanes of at least 4 members (excludes halogenated alkanes) is 25. The second-order valence-electron chi connectivity index (χ2n) is 11.3. The fourth-order valence-corrected chi connectivity index (χ4v) is 4.93. The maximum atomic E-state index is 11.8. The van der Waals surface area contributed by atoms with E-state index in [9.17, 15) is 4.79 Å². The lowest BCUT2D eigenvalue weighted by molar-refractivity contribution is -0.132. The molecular formula is C36H66O2. The molecule has 0 amide bonds. The summed E-state index contributed by atoms with van der Waals surface area (Å²) in [5.74, 6) is -0.273. The summed E-state index contributed by atoms with van der Waals surface area (Å²) in [5.41, 5.74) is 0. The minimum atomic E-state index is -0.273. The van der Waals surface area contributed by atoms with Crippen molar-refractivity contribution >= 4 is 5.97 Å². The van der Waals surface area contributed by atoms with E-state index in [1.54, 1.807) is 6.08 Å². The molecule has 2 heteroatoms. The van der Waals surface area contributed by atoms with Gasteiger partial charge in [0.05, 0.1) is 6.26 Å². The molecule has 0 aromatic carbocycles. The summed E-state index contributed by atoms with van der Waals surface area (Å²) >= 11 is 0. The Morgan fingerprint density at radius 1 is 0.447 bits per heavy atom. The predicted octanol–water partition coefficient (Wildman–Crippen LogP) is 12.7. The second kappa shape index (κ2) is 33.7. The molecule has 0 unspecified atom stereocenters. The van der Waals surface area contributed by atoms with E-state index in [0.717, 1.165) is 12.8 Å². The first kappa shape index (κ1) is 36.7. The number of allylic oxidation sites excluding steroid dienone is 4. The van der Waals surface area contributed by atoms with Gasteiger partial charge >= 0.3 is 5.97 Å². The van der Waals surface area contributed by atoms with Gasteiger partial charge in [-0.05, 0) is 31.8 Å². The minimum Gasteiger partial charge on any atom is -0.431 e. The topological polar surface area (TPSA) is 26.3 Å². The van der Waals surface area contributed by atoms with Crippen LogP contribution in [0.3, 0.4) is 0 Å². The molecule has 0 aliphatic heterocycles. The van der Waals surface area contributed by atoms with Crippen LogP contribution in [-0.2, 0) is 9.53 Å². The van der Waals surface area contributed by atoms with Crippen molar-refractivity contribution in [2.45, 2.75) is 187 Å². The monoisotopic (exact) mass is 531 g/mol. The van der Waals surface area contributed by atoms with E-state index in [0.29, 0.717) is 0 Å². The van der Waals surface area contributed by atoms with E-state index in [2.05, 4.69) is 19.9 Å². The highest BCUT2D eigenvalue weighted by molar-refractivity contribution is 5.82. The quantitative estimate of drug-likeness (QED) is 0.0303. The van der Waals surface area contributed by atoms with Crippen LogP contribution >= 0.6 is 0 Å². The van der Waals surface area contributed by atoms with Gasteiger partial charge in [-0.15, -0.1) is 0 Å². The van der Waals surface area contributed by atoms with Crippen LogP contribution in [0.15, 0.2) is 36.6 Å². The van der Waals surface area contributed by atoms with Crippen LogP contribution in [-0.4, -0.2) is 5.97 Å². The smallest absolute Gasteiger partial charge is 0.335 e. The average Bonchev–Trinajstić information content (AvgIpc) is 2.92. The van der Waals surface area contributed by atoms with E-state index in [4.69, 9.17) is 4.74 Å². The van der Waals surface area contributed by atoms with E-state index < -0.39 is 0 Å². The Morgan fingerprint density at radius 2 is 0.789 bits per heavy atom. The van der Waals surface area contributed by atoms with E-state index >= 15 is 0 Å². The SMILES string of the molecule is CCCCCCCCCCCCCCC=CC=COC(=O)C=CCCCCCCCCCCCCCCC. The van der Waals surface area contributed by atoms with Gasteiger partial charge in [-0.2, -0.15) is 0 Å². The predicted molar refractivity (Wildman–Crippen MR) is 170 cm³/mol. The van der Waals surface area contributed by atoms with E-state index in [1.165, 1.54) is 167 Å². The molecule has 0 aliphatic rings. The highest BCUT2D eigenvalue weighted by Crippen LogP contribution is 2.14. The number of carbonyl (C=O) groups excluding carboxylic acids is 1. The normalized spacial score (nSPS) is 11.9. The van der Waals surface area contributed by atoms with Gasteiger partial charge in [0.2, 0.25) is 0 Å². The molecule has 0 aromatic rings. The molecule has 0 saturated carbocycles. The summed E-state index contributed by atoms with van der Waals surface area (Å²) in [6, 6.07) is 0. The minimum absolute atomic E-state index is 0.273. The largest absolute Gasteiger partial charge is 0.431 e. The first-order valence-electron chi connectivity index (χ1n) is 17.0. The van der Waals surface area contributed by atoms with Crippen LogP contribution in [0, 0.1) is 0 Å². The van der Waals surface area contributed by atoms with Crippen LogP contribution in [0.5, 0.6) is 0 Å². The van der Waals surface area contributed by atoms with Crippen molar-refractivity contribution in [3.63, 3.8) is 0 Å². The third kappa shape index (κ3) is 32.7. The van der Waals surface area contributed by atoms with Crippen molar-refractivity contribution in [2.24, 2.45) is 0 Å². The summed E-state index contributed by atoms with van der Waals surface area (Å²) in [4.78, 5) is 11.8. The fourth-order valence-electron chi connectivity index (χ4n) is 4.93. The Bertz CT molecular complexity index is 546. The van der Waals surface area contributed by atoms with Gasteiger partial charge < -0.3 is 4.74 Å². The van der Waals surface area contributed by atoms with Gasteiger partial charge in [-0.1, -0.05) is 180 Å². The lowest BCUT2D eigenvalue weighted by Gasteiger charge is -2.02. The number of ether oxygens (including phenoxy) is 1. The zero-order chi connectivity index (χ0) is 27.6. The van der Waals surface area contributed by atoms with E-state index in [1.807, 2.05) is 18.2 Å². The van der Waals surface area contributed by atoms with Crippen molar-refractivity contribution in [3.8, 4) is 0 Å². The van der Waals surface area contributed by atoms with E-state index in [-0.39, 0.29) is 5.97 Å². The Balaban J connectivity index is 3.36. The van der Waals surface area contributed by atoms with Gasteiger partial charge in [-0.3, -0.25) is 0 Å². The highest BCUT2D eigenvalue weighted by Gasteiger charge is 1.95. The van der Waals surface area contributed by atoms with Gasteiger partial charge in [-0.25, -0.2) is 4.79 Å². The summed E-state index contributed by atoms with van der Waals surface area (Å²) < 4.78 is 5.12. The fraction of sp³-hybridized carbons (Fsp3) is 0.806. The molecule has 0 N–H and O–H groups in total.